The number of carbonyl (C=O) groups is 2. The Hall–Kier alpha value is -1.84. The topological polar surface area (TPSA) is 49.4 Å². The molecule has 1 heterocycles. The molecule has 0 bridgehead atoms. The molecule has 1 aliphatic heterocycles. The molecular formula is C11H12N2O2. The molecule has 0 saturated carbocycles. The van der Waals surface area contributed by atoms with E-state index in [0.717, 1.165) is 12.1 Å². The number of aryl methyl sites for hydroxylation is 1. The number of amides is 3. The lowest BCUT2D eigenvalue weighted by atomic mass is 10.1. The number of rotatable bonds is 2. The van der Waals surface area contributed by atoms with Crippen molar-refractivity contribution >= 4 is 17.6 Å². The van der Waals surface area contributed by atoms with Crippen LogP contribution in [0.3, 0.4) is 0 Å². The Balaban J connectivity index is 2.22. The van der Waals surface area contributed by atoms with Gasteiger partial charge in [0, 0.05) is 5.69 Å². The first kappa shape index (κ1) is 9.71. The van der Waals surface area contributed by atoms with Gasteiger partial charge in [-0.1, -0.05) is 19.1 Å². The number of nitrogens with zero attached hydrogens (tertiary/aromatic N) is 1. The van der Waals surface area contributed by atoms with Gasteiger partial charge in [0.25, 0.3) is 0 Å². The molecular weight excluding hydrogens is 192 g/mol. The van der Waals surface area contributed by atoms with E-state index in [9.17, 15) is 9.59 Å². The minimum absolute atomic E-state index is 0.115. The van der Waals surface area contributed by atoms with Crippen LogP contribution in [0.5, 0.6) is 0 Å². The summed E-state index contributed by atoms with van der Waals surface area (Å²) in [6.07, 6.45) is 0.964. The average Bonchev–Trinajstić information content (AvgIpc) is 2.58. The van der Waals surface area contributed by atoms with Crippen molar-refractivity contribution in [2.75, 3.05) is 11.4 Å². The molecule has 3 amide bonds. The predicted octanol–water partition coefficient (Wildman–Crippen LogP) is 1.31. The van der Waals surface area contributed by atoms with E-state index in [-0.39, 0.29) is 18.5 Å². The molecule has 1 saturated heterocycles. The van der Waals surface area contributed by atoms with Gasteiger partial charge in [-0.2, -0.15) is 0 Å². The lowest BCUT2D eigenvalue weighted by Crippen LogP contribution is -2.27. The van der Waals surface area contributed by atoms with Crippen LogP contribution < -0.4 is 10.2 Å². The van der Waals surface area contributed by atoms with E-state index in [2.05, 4.69) is 12.2 Å². The molecule has 1 aromatic carbocycles. The van der Waals surface area contributed by atoms with Gasteiger partial charge in [-0.15, -0.1) is 0 Å². The van der Waals surface area contributed by atoms with Crippen LogP contribution >= 0.6 is 0 Å². The number of imide groups is 1. The molecule has 0 atom stereocenters. The highest BCUT2D eigenvalue weighted by Crippen LogP contribution is 2.17. The summed E-state index contributed by atoms with van der Waals surface area (Å²) in [5, 5.41) is 2.24. The molecule has 0 aliphatic carbocycles. The maximum absolute atomic E-state index is 11.3. The Labute approximate surface area is 87.9 Å². The molecule has 0 aromatic heterocycles. The van der Waals surface area contributed by atoms with Gasteiger partial charge >= 0.3 is 6.03 Å². The molecule has 4 nitrogen and oxygen atoms in total. The molecule has 0 unspecified atom stereocenters. The van der Waals surface area contributed by atoms with Crippen LogP contribution in [-0.4, -0.2) is 18.5 Å². The highest BCUT2D eigenvalue weighted by molar-refractivity contribution is 6.12. The first-order valence-electron chi connectivity index (χ1n) is 4.91. The fourth-order valence-electron chi connectivity index (χ4n) is 1.56. The molecule has 4 heteroatoms. The summed E-state index contributed by atoms with van der Waals surface area (Å²) in [5.41, 5.74) is 1.97. The number of anilines is 1. The van der Waals surface area contributed by atoms with Gasteiger partial charge < -0.3 is 0 Å². The molecule has 78 valence electrons. The van der Waals surface area contributed by atoms with Crippen molar-refractivity contribution in [1.82, 2.24) is 5.32 Å². The molecule has 1 N–H and O–H groups in total. The minimum atomic E-state index is -0.343. The van der Waals surface area contributed by atoms with Crippen LogP contribution in [0.1, 0.15) is 12.5 Å². The number of urea groups is 1. The maximum atomic E-state index is 11.3. The number of carbonyl (C=O) groups excluding carboxylic acids is 2. The Kier molecular flexibility index (Phi) is 2.41. The minimum Gasteiger partial charge on any atom is -0.285 e. The summed E-state index contributed by atoms with van der Waals surface area (Å²) >= 11 is 0. The first-order chi connectivity index (χ1) is 7.20. The van der Waals surface area contributed by atoms with Crippen molar-refractivity contribution in [3.8, 4) is 0 Å². The lowest BCUT2D eigenvalue weighted by molar-refractivity contribution is -0.117. The van der Waals surface area contributed by atoms with E-state index in [4.69, 9.17) is 0 Å². The highest BCUT2D eigenvalue weighted by Gasteiger charge is 2.27. The standard InChI is InChI=1S/C11H12N2O2/c1-2-8-3-5-9(6-4-8)13-7-10(14)12-11(13)15/h3-6H,2,7H2,1H3,(H,12,14,15). The summed E-state index contributed by atoms with van der Waals surface area (Å²) in [6, 6.07) is 7.30. The number of nitrogens with one attached hydrogen (secondary N) is 1. The van der Waals surface area contributed by atoms with Crippen molar-refractivity contribution in [1.29, 1.82) is 0 Å². The van der Waals surface area contributed by atoms with Crippen molar-refractivity contribution in [2.24, 2.45) is 0 Å². The van der Waals surface area contributed by atoms with Gasteiger partial charge in [-0.25, -0.2) is 4.79 Å². The van der Waals surface area contributed by atoms with E-state index >= 15 is 0 Å². The normalized spacial score (nSPS) is 15.7. The van der Waals surface area contributed by atoms with Crippen molar-refractivity contribution in [3.05, 3.63) is 29.8 Å². The second-order valence-electron chi connectivity index (χ2n) is 3.46. The number of hydrogen-bond donors (Lipinski definition) is 1. The van der Waals surface area contributed by atoms with Gasteiger partial charge in [0.2, 0.25) is 5.91 Å². The zero-order valence-corrected chi connectivity index (χ0v) is 8.49. The van der Waals surface area contributed by atoms with E-state index in [1.54, 1.807) is 0 Å². The van der Waals surface area contributed by atoms with E-state index in [1.165, 1.54) is 10.5 Å². The third-order valence-corrected chi connectivity index (χ3v) is 2.45. The third kappa shape index (κ3) is 1.83. The van der Waals surface area contributed by atoms with E-state index in [1.807, 2.05) is 24.3 Å². The molecule has 15 heavy (non-hydrogen) atoms. The third-order valence-electron chi connectivity index (χ3n) is 2.45. The lowest BCUT2D eigenvalue weighted by Gasteiger charge is -2.13. The molecule has 1 fully saturated rings. The fourth-order valence-corrected chi connectivity index (χ4v) is 1.56. The van der Waals surface area contributed by atoms with Crippen molar-refractivity contribution in [2.45, 2.75) is 13.3 Å². The van der Waals surface area contributed by atoms with Crippen molar-refractivity contribution in [3.63, 3.8) is 0 Å². The summed E-state index contributed by atoms with van der Waals surface area (Å²) in [6.45, 7) is 2.19. The Morgan fingerprint density at radius 3 is 2.40 bits per heavy atom. The van der Waals surface area contributed by atoms with Gasteiger partial charge in [0.15, 0.2) is 0 Å². The second kappa shape index (κ2) is 3.73. The van der Waals surface area contributed by atoms with E-state index < -0.39 is 0 Å². The van der Waals surface area contributed by atoms with Gasteiger partial charge in [-0.3, -0.25) is 15.0 Å². The largest absolute Gasteiger partial charge is 0.329 e. The summed E-state index contributed by atoms with van der Waals surface area (Å²) in [7, 11) is 0. The second-order valence-corrected chi connectivity index (χ2v) is 3.46. The first-order valence-corrected chi connectivity index (χ1v) is 4.91. The smallest absolute Gasteiger partial charge is 0.285 e. The SMILES string of the molecule is CCc1ccc(N2CC(=O)NC2=O)cc1. The van der Waals surface area contributed by atoms with Crippen LogP contribution in [0, 0.1) is 0 Å². The summed E-state index contributed by atoms with van der Waals surface area (Å²) < 4.78 is 0. The van der Waals surface area contributed by atoms with Gasteiger partial charge in [0.05, 0.1) is 0 Å². The Morgan fingerprint density at radius 2 is 1.93 bits per heavy atom. The van der Waals surface area contributed by atoms with Crippen LogP contribution in [-0.2, 0) is 11.2 Å². The summed E-state index contributed by atoms with van der Waals surface area (Å²) in [4.78, 5) is 23.8. The monoisotopic (exact) mass is 204 g/mol. The zero-order valence-electron chi connectivity index (χ0n) is 8.49. The van der Waals surface area contributed by atoms with Gasteiger partial charge in [0.1, 0.15) is 6.54 Å². The fraction of sp³-hybridized carbons (Fsp3) is 0.273. The number of hydrogen-bond acceptors (Lipinski definition) is 2. The van der Waals surface area contributed by atoms with Crippen LogP contribution in [0.25, 0.3) is 0 Å². The maximum Gasteiger partial charge on any atom is 0.329 e. The molecule has 2 rings (SSSR count). The molecule has 0 radical (unpaired) electrons. The molecule has 1 aromatic rings. The van der Waals surface area contributed by atoms with Crippen LogP contribution in [0.15, 0.2) is 24.3 Å². The van der Waals surface area contributed by atoms with Gasteiger partial charge in [-0.05, 0) is 24.1 Å². The van der Waals surface area contributed by atoms with Crippen molar-refractivity contribution < 1.29 is 9.59 Å². The Morgan fingerprint density at radius 1 is 1.27 bits per heavy atom. The zero-order chi connectivity index (χ0) is 10.8. The predicted molar refractivity (Wildman–Crippen MR) is 56.7 cm³/mol. The molecule has 1 aliphatic rings. The number of benzene rings is 1. The highest BCUT2D eigenvalue weighted by atomic mass is 16.2. The van der Waals surface area contributed by atoms with E-state index in [0.29, 0.717) is 0 Å². The van der Waals surface area contributed by atoms with Crippen LogP contribution in [0.4, 0.5) is 10.5 Å². The Bertz CT molecular complexity index is 398. The average molecular weight is 204 g/mol. The quantitative estimate of drug-likeness (QED) is 0.738. The molecule has 0 spiro atoms. The summed E-state index contributed by atoms with van der Waals surface area (Å²) in [5.74, 6) is -0.250. The van der Waals surface area contributed by atoms with Crippen LogP contribution in [0.2, 0.25) is 0 Å².